The van der Waals surface area contributed by atoms with Crippen molar-refractivity contribution < 1.29 is 4.79 Å². The van der Waals surface area contributed by atoms with Gasteiger partial charge >= 0.3 is 0 Å². The van der Waals surface area contributed by atoms with Crippen molar-refractivity contribution in [1.82, 2.24) is 15.1 Å². The number of hydrogen-bond donors (Lipinski definition) is 1. The number of likely N-dealkylation sites (tertiary alicyclic amines) is 1. The quantitative estimate of drug-likeness (QED) is 0.779. The Kier molecular flexibility index (Phi) is 2.95. The van der Waals surface area contributed by atoms with Gasteiger partial charge in [0.2, 0.25) is 0 Å². The highest BCUT2D eigenvalue weighted by atomic mass is 35.5. The van der Waals surface area contributed by atoms with Gasteiger partial charge in [-0.15, -0.1) is 11.6 Å². The van der Waals surface area contributed by atoms with E-state index in [0.717, 1.165) is 13.0 Å². The molecule has 2 atom stereocenters. The Labute approximate surface area is 93.6 Å². The van der Waals surface area contributed by atoms with Crippen LogP contribution in [0.2, 0.25) is 0 Å². The molecule has 2 unspecified atom stereocenters. The van der Waals surface area contributed by atoms with E-state index in [9.17, 15) is 4.79 Å². The van der Waals surface area contributed by atoms with Crippen LogP contribution in [0.1, 0.15) is 23.8 Å². The van der Waals surface area contributed by atoms with Crippen molar-refractivity contribution in [1.29, 1.82) is 0 Å². The first-order valence-corrected chi connectivity index (χ1v) is 5.63. The number of alkyl halides is 1. The minimum Gasteiger partial charge on any atom is -0.334 e. The van der Waals surface area contributed by atoms with Gasteiger partial charge in [-0.2, -0.15) is 5.10 Å². The number of amides is 1. The maximum absolute atomic E-state index is 12.0. The van der Waals surface area contributed by atoms with E-state index in [1.165, 1.54) is 0 Å². The highest BCUT2D eigenvalue weighted by molar-refractivity contribution is 6.18. The molecule has 5 heteroatoms. The molecule has 0 saturated carbocycles. The lowest BCUT2D eigenvalue weighted by Crippen LogP contribution is -2.36. The maximum Gasteiger partial charge on any atom is 0.272 e. The number of nitrogens with one attached hydrogen (secondary N) is 1. The van der Waals surface area contributed by atoms with Crippen LogP contribution in [-0.2, 0) is 0 Å². The van der Waals surface area contributed by atoms with Crippen molar-refractivity contribution >= 4 is 17.5 Å². The normalized spacial score (nSPS) is 25.9. The van der Waals surface area contributed by atoms with Crippen molar-refractivity contribution in [3.63, 3.8) is 0 Å². The molecule has 0 bridgehead atoms. The van der Waals surface area contributed by atoms with Gasteiger partial charge in [0.25, 0.3) is 5.91 Å². The first-order valence-electron chi connectivity index (χ1n) is 5.10. The van der Waals surface area contributed by atoms with E-state index >= 15 is 0 Å². The van der Waals surface area contributed by atoms with Crippen LogP contribution >= 0.6 is 11.6 Å². The molecule has 1 aliphatic heterocycles. The van der Waals surface area contributed by atoms with E-state index in [1.807, 2.05) is 11.8 Å². The molecule has 1 saturated heterocycles. The molecule has 1 amide bonds. The van der Waals surface area contributed by atoms with Gasteiger partial charge in [0.15, 0.2) is 0 Å². The van der Waals surface area contributed by atoms with E-state index in [0.29, 0.717) is 17.5 Å². The second-order valence-electron chi connectivity index (χ2n) is 3.91. The second-order valence-corrected chi connectivity index (χ2v) is 4.22. The number of rotatable bonds is 2. The first kappa shape index (κ1) is 10.5. The summed E-state index contributed by atoms with van der Waals surface area (Å²) in [5.74, 6) is 1.06. The Hall–Kier alpha value is -1.03. The van der Waals surface area contributed by atoms with Crippen LogP contribution < -0.4 is 0 Å². The molecule has 0 radical (unpaired) electrons. The Bertz CT molecular complexity index is 338. The summed E-state index contributed by atoms with van der Waals surface area (Å²) in [5, 5.41) is 6.47. The summed E-state index contributed by atoms with van der Waals surface area (Å²) in [4.78, 5) is 13.9. The summed E-state index contributed by atoms with van der Waals surface area (Å²) in [6.45, 7) is 2.84. The van der Waals surface area contributed by atoms with E-state index in [2.05, 4.69) is 10.2 Å². The van der Waals surface area contributed by atoms with Gasteiger partial charge in [0.05, 0.1) is 0 Å². The molecular formula is C10H14ClN3O. The first-order chi connectivity index (χ1) is 7.24. The fourth-order valence-electron chi connectivity index (χ4n) is 2.03. The Morgan fingerprint density at radius 2 is 2.60 bits per heavy atom. The molecule has 2 rings (SSSR count). The third-order valence-electron chi connectivity index (χ3n) is 3.10. The molecule has 0 spiro atoms. The number of carbonyl (C=O) groups is 1. The Balaban J connectivity index is 2.10. The average Bonchev–Trinajstić information content (AvgIpc) is 2.85. The van der Waals surface area contributed by atoms with Gasteiger partial charge in [-0.05, 0) is 25.3 Å². The van der Waals surface area contributed by atoms with E-state index in [1.54, 1.807) is 12.3 Å². The zero-order valence-corrected chi connectivity index (χ0v) is 9.37. The summed E-state index contributed by atoms with van der Waals surface area (Å²) in [6.07, 6.45) is 2.58. The topological polar surface area (TPSA) is 49.0 Å². The summed E-state index contributed by atoms with van der Waals surface area (Å²) < 4.78 is 0. The molecule has 1 fully saturated rings. The number of carbonyl (C=O) groups excluding carboxylic acids is 1. The van der Waals surface area contributed by atoms with Gasteiger partial charge in [0.1, 0.15) is 5.69 Å². The van der Waals surface area contributed by atoms with E-state index in [4.69, 9.17) is 11.6 Å². The fraction of sp³-hybridized carbons (Fsp3) is 0.600. The van der Waals surface area contributed by atoms with Crippen LogP contribution in [0.15, 0.2) is 12.3 Å². The standard InChI is InChI=1S/C10H14ClN3O/c1-7-8(6-11)3-5-14(7)10(15)9-2-4-12-13-9/h2,4,7-8H,3,5-6H2,1H3,(H,12,13). The Morgan fingerprint density at radius 3 is 3.13 bits per heavy atom. The monoisotopic (exact) mass is 227 g/mol. The lowest BCUT2D eigenvalue weighted by atomic mass is 10.0. The number of halogens is 1. The van der Waals surface area contributed by atoms with E-state index in [-0.39, 0.29) is 11.9 Å². The van der Waals surface area contributed by atoms with Crippen LogP contribution in [0.4, 0.5) is 0 Å². The highest BCUT2D eigenvalue weighted by Gasteiger charge is 2.33. The molecule has 0 aliphatic carbocycles. The molecule has 4 nitrogen and oxygen atoms in total. The van der Waals surface area contributed by atoms with Crippen LogP contribution in [0.3, 0.4) is 0 Å². The second kappa shape index (κ2) is 4.23. The molecule has 0 aromatic carbocycles. The minimum atomic E-state index is 0.0209. The molecule has 2 heterocycles. The SMILES string of the molecule is CC1C(CCl)CCN1C(=O)c1ccn[nH]1. The smallest absolute Gasteiger partial charge is 0.272 e. The summed E-state index contributed by atoms with van der Waals surface area (Å²) in [7, 11) is 0. The van der Waals surface area contributed by atoms with Crippen molar-refractivity contribution in [3.05, 3.63) is 18.0 Å². The third kappa shape index (κ3) is 1.86. The van der Waals surface area contributed by atoms with Crippen molar-refractivity contribution in [2.45, 2.75) is 19.4 Å². The van der Waals surface area contributed by atoms with Crippen LogP contribution in [0.5, 0.6) is 0 Å². The largest absolute Gasteiger partial charge is 0.334 e. The molecule has 1 N–H and O–H groups in total. The summed E-state index contributed by atoms with van der Waals surface area (Å²) >= 11 is 5.84. The number of hydrogen-bond acceptors (Lipinski definition) is 2. The van der Waals surface area contributed by atoms with Gasteiger partial charge in [-0.3, -0.25) is 9.89 Å². The number of nitrogens with zero attached hydrogens (tertiary/aromatic N) is 2. The predicted octanol–water partition coefficient (Wildman–Crippen LogP) is 1.50. The minimum absolute atomic E-state index is 0.0209. The van der Waals surface area contributed by atoms with E-state index < -0.39 is 0 Å². The molecule has 1 aromatic heterocycles. The highest BCUT2D eigenvalue weighted by Crippen LogP contribution is 2.26. The maximum atomic E-state index is 12.0. The molecule has 15 heavy (non-hydrogen) atoms. The van der Waals surface area contributed by atoms with Gasteiger partial charge in [0, 0.05) is 24.7 Å². The van der Waals surface area contributed by atoms with Crippen LogP contribution in [0.25, 0.3) is 0 Å². The summed E-state index contributed by atoms with van der Waals surface area (Å²) in [6, 6.07) is 1.92. The van der Waals surface area contributed by atoms with Gasteiger partial charge in [-0.1, -0.05) is 0 Å². The van der Waals surface area contributed by atoms with Crippen LogP contribution in [-0.4, -0.2) is 39.5 Å². The molecule has 82 valence electrons. The van der Waals surface area contributed by atoms with Gasteiger partial charge in [-0.25, -0.2) is 0 Å². The third-order valence-corrected chi connectivity index (χ3v) is 3.50. The zero-order valence-electron chi connectivity index (χ0n) is 8.61. The van der Waals surface area contributed by atoms with Gasteiger partial charge < -0.3 is 4.90 Å². The van der Waals surface area contributed by atoms with Crippen molar-refractivity contribution in [3.8, 4) is 0 Å². The molecule has 1 aliphatic rings. The van der Waals surface area contributed by atoms with Crippen molar-refractivity contribution in [2.24, 2.45) is 5.92 Å². The lowest BCUT2D eigenvalue weighted by Gasteiger charge is -2.23. The number of H-pyrrole nitrogens is 1. The van der Waals surface area contributed by atoms with Crippen molar-refractivity contribution in [2.75, 3.05) is 12.4 Å². The molecular weight excluding hydrogens is 214 g/mol. The number of aromatic nitrogens is 2. The predicted molar refractivity (Wildman–Crippen MR) is 57.9 cm³/mol. The average molecular weight is 228 g/mol. The summed E-state index contributed by atoms with van der Waals surface area (Å²) in [5.41, 5.74) is 0.553. The zero-order chi connectivity index (χ0) is 10.8. The lowest BCUT2D eigenvalue weighted by molar-refractivity contribution is 0.0729. The molecule has 1 aromatic rings. The number of aromatic amines is 1. The Morgan fingerprint density at radius 1 is 1.80 bits per heavy atom. The van der Waals surface area contributed by atoms with Crippen LogP contribution in [0, 0.1) is 5.92 Å². The fourth-order valence-corrected chi connectivity index (χ4v) is 2.44.